The van der Waals surface area contributed by atoms with E-state index in [-0.39, 0.29) is 31.1 Å². The van der Waals surface area contributed by atoms with Crippen LogP contribution in [0.15, 0.2) is 0 Å². The smallest absolute Gasteiger partial charge is 0.306 e. The molecular formula is C61H118O6. The largest absolute Gasteiger partial charge is 0.462 e. The Balaban J connectivity index is 4.28. The van der Waals surface area contributed by atoms with E-state index in [9.17, 15) is 14.4 Å². The first-order valence-corrected chi connectivity index (χ1v) is 30.4. The average molecular weight is 948 g/mol. The number of hydrogen-bond donors (Lipinski definition) is 0. The zero-order valence-electron chi connectivity index (χ0n) is 45.9. The Morgan fingerprint density at radius 1 is 0.284 bits per heavy atom. The maximum Gasteiger partial charge on any atom is 0.306 e. The van der Waals surface area contributed by atoms with Crippen molar-refractivity contribution in [1.29, 1.82) is 0 Å². The van der Waals surface area contributed by atoms with E-state index in [4.69, 9.17) is 14.2 Å². The highest BCUT2D eigenvalue weighted by Crippen LogP contribution is 2.18. The average Bonchev–Trinajstić information content (AvgIpc) is 3.31. The van der Waals surface area contributed by atoms with Gasteiger partial charge in [0.05, 0.1) is 0 Å². The van der Waals surface area contributed by atoms with E-state index in [0.717, 1.165) is 63.7 Å². The van der Waals surface area contributed by atoms with Gasteiger partial charge in [-0.25, -0.2) is 0 Å². The quantitative estimate of drug-likeness (QED) is 0.0343. The summed E-state index contributed by atoms with van der Waals surface area (Å²) in [4.78, 5) is 38.2. The van der Waals surface area contributed by atoms with Crippen molar-refractivity contribution < 1.29 is 28.6 Å². The van der Waals surface area contributed by atoms with Crippen LogP contribution in [0.2, 0.25) is 0 Å². The fraction of sp³-hybridized carbons (Fsp3) is 0.951. The van der Waals surface area contributed by atoms with Gasteiger partial charge in [0.2, 0.25) is 0 Å². The van der Waals surface area contributed by atoms with E-state index in [2.05, 4.69) is 27.7 Å². The van der Waals surface area contributed by atoms with E-state index in [0.29, 0.717) is 19.3 Å². The molecule has 67 heavy (non-hydrogen) atoms. The summed E-state index contributed by atoms with van der Waals surface area (Å²) in [7, 11) is 0. The van der Waals surface area contributed by atoms with Gasteiger partial charge in [-0.15, -0.1) is 0 Å². The second kappa shape index (κ2) is 55.3. The lowest BCUT2D eigenvalue weighted by Crippen LogP contribution is -2.30. The monoisotopic (exact) mass is 947 g/mol. The van der Waals surface area contributed by atoms with Crippen LogP contribution in [0.4, 0.5) is 0 Å². The minimum absolute atomic E-state index is 0.0614. The molecule has 0 aliphatic carbocycles. The molecule has 0 fully saturated rings. The second-order valence-corrected chi connectivity index (χ2v) is 21.5. The minimum atomic E-state index is -0.762. The van der Waals surface area contributed by atoms with Crippen LogP contribution in [0.1, 0.15) is 349 Å². The first-order chi connectivity index (χ1) is 32.9. The Morgan fingerprint density at radius 2 is 0.493 bits per heavy atom. The van der Waals surface area contributed by atoms with E-state index >= 15 is 0 Å². The fourth-order valence-corrected chi connectivity index (χ4v) is 9.46. The van der Waals surface area contributed by atoms with Crippen LogP contribution in [-0.4, -0.2) is 37.2 Å². The van der Waals surface area contributed by atoms with Crippen LogP contribution >= 0.6 is 0 Å². The molecule has 398 valence electrons. The predicted octanol–water partition coefficient (Wildman–Crippen LogP) is 20.2. The van der Waals surface area contributed by atoms with Crippen molar-refractivity contribution in [2.45, 2.75) is 355 Å². The van der Waals surface area contributed by atoms with Gasteiger partial charge < -0.3 is 14.2 Å². The third kappa shape index (κ3) is 55.2. The maximum absolute atomic E-state index is 12.9. The molecule has 0 N–H and O–H groups in total. The predicted molar refractivity (Wildman–Crippen MR) is 289 cm³/mol. The van der Waals surface area contributed by atoms with Crippen molar-refractivity contribution in [2.75, 3.05) is 13.2 Å². The SMILES string of the molecule is CCCCCCCCCCCCCCCCCCC(=O)OC[C@@H](COC(=O)CCCCCCCCCCCCCCCCCC(C)C)OC(=O)CCCCCCCCCCCCCCCCC. The van der Waals surface area contributed by atoms with Crippen molar-refractivity contribution in [1.82, 2.24) is 0 Å². The van der Waals surface area contributed by atoms with Crippen LogP contribution in [0.25, 0.3) is 0 Å². The molecule has 0 saturated carbocycles. The molecule has 0 saturated heterocycles. The van der Waals surface area contributed by atoms with Crippen molar-refractivity contribution in [2.24, 2.45) is 5.92 Å². The summed E-state index contributed by atoms with van der Waals surface area (Å²) in [6, 6.07) is 0. The fourth-order valence-electron chi connectivity index (χ4n) is 9.46. The van der Waals surface area contributed by atoms with Gasteiger partial charge in [-0.3, -0.25) is 14.4 Å². The molecule has 0 heterocycles. The minimum Gasteiger partial charge on any atom is -0.462 e. The van der Waals surface area contributed by atoms with Gasteiger partial charge in [-0.05, 0) is 25.2 Å². The number of carbonyl (C=O) groups excluding carboxylic acids is 3. The molecule has 1 atom stereocenters. The number of carbonyl (C=O) groups is 3. The number of rotatable bonds is 56. The highest BCUT2D eigenvalue weighted by molar-refractivity contribution is 5.71. The Kier molecular flexibility index (Phi) is 54.0. The lowest BCUT2D eigenvalue weighted by Gasteiger charge is -2.18. The lowest BCUT2D eigenvalue weighted by atomic mass is 10.0. The summed E-state index contributed by atoms with van der Waals surface area (Å²) < 4.78 is 16.9. The first-order valence-electron chi connectivity index (χ1n) is 30.4. The topological polar surface area (TPSA) is 78.9 Å². The summed E-state index contributed by atoms with van der Waals surface area (Å²) in [5.74, 6) is 0.0186. The zero-order valence-corrected chi connectivity index (χ0v) is 45.9. The molecule has 0 aromatic carbocycles. The normalized spacial score (nSPS) is 12.0. The first kappa shape index (κ1) is 65.4. The van der Waals surface area contributed by atoms with E-state index in [1.165, 1.54) is 244 Å². The van der Waals surface area contributed by atoms with Gasteiger partial charge in [0.15, 0.2) is 6.10 Å². The molecular weight excluding hydrogens is 829 g/mol. The third-order valence-corrected chi connectivity index (χ3v) is 14.0. The molecule has 0 rings (SSSR count). The van der Waals surface area contributed by atoms with Gasteiger partial charge in [0.25, 0.3) is 0 Å². The zero-order chi connectivity index (χ0) is 48.8. The highest BCUT2D eigenvalue weighted by Gasteiger charge is 2.19. The second-order valence-electron chi connectivity index (χ2n) is 21.5. The summed E-state index contributed by atoms with van der Waals surface area (Å²) in [6.45, 7) is 9.08. The maximum atomic E-state index is 12.9. The number of ether oxygens (including phenoxy) is 3. The molecule has 0 unspecified atom stereocenters. The summed E-state index contributed by atoms with van der Waals surface area (Å²) in [6.07, 6.45) is 60.9. The molecule has 0 bridgehead atoms. The van der Waals surface area contributed by atoms with Crippen molar-refractivity contribution in [3.8, 4) is 0 Å². The molecule has 0 aromatic heterocycles. The summed E-state index contributed by atoms with van der Waals surface area (Å²) in [5.41, 5.74) is 0. The third-order valence-electron chi connectivity index (χ3n) is 14.0. The van der Waals surface area contributed by atoms with E-state index < -0.39 is 6.10 Å². The Labute approximate surface area is 418 Å². The standard InChI is InChI=1S/C61H118O6/c1-5-7-9-11-13-15-17-19-21-25-28-32-36-40-44-48-52-59(62)65-55-58(67-61(64)54-50-46-42-38-34-30-23-20-18-16-14-12-10-8-6-2)56-66-60(63)53-49-45-41-37-33-29-26-22-24-27-31-35-39-43-47-51-57(3)4/h57-58H,5-56H2,1-4H3/t58-/m0/s1. The number of esters is 3. The van der Waals surface area contributed by atoms with Gasteiger partial charge >= 0.3 is 17.9 Å². The molecule has 6 heteroatoms. The van der Waals surface area contributed by atoms with Crippen LogP contribution < -0.4 is 0 Å². The molecule has 0 radical (unpaired) electrons. The Bertz CT molecular complexity index is 1010. The van der Waals surface area contributed by atoms with Crippen LogP contribution in [0, 0.1) is 5.92 Å². The van der Waals surface area contributed by atoms with E-state index in [1.54, 1.807) is 0 Å². The van der Waals surface area contributed by atoms with Gasteiger partial charge in [-0.1, -0.05) is 310 Å². The van der Waals surface area contributed by atoms with Gasteiger partial charge in [-0.2, -0.15) is 0 Å². The number of unbranched alkanes of at least 4 members (excludes halogenated alkanes) is 43. The Hall–Kier alpha value is -1.59. The molecule has 0 amide bonds. The van der Waals surface area contributed by atoms with Crippen LogP contribution in [-0.2, 0) is 28.6 Å². The van der Waals surface area contributed by atoms with Gasteiger partial charge in [0.1, 0.15) is 13.2 Å². The molecule has 0 aliphatic rings. The summed E-state index contributed by atoms with van der Waals surface area (Å²) in [5, 5.41) is 0. The van der Waals surface area contributed by atoms with Crippen molar-refractivity contribution in [3.63, 3.8) is 0 Å². The Morgan fingerprint density at radius 3 is 0.731 bits per heavy atom. The van der Waals surface area contributed by atoms with Crippen molar-refractivity contribution >= 4 is 17.9 Å². The van der Waals surface area contributed by atoms with Crippen molar-refractivity contribution in [3.05, 3.63) is 0 Å². The molecule has 0 aliphatic heterocycles. The molecule has 6 nitrogen and oxygen atoms in total. The number of hydrogen-bond acceptors (Lipinski definition) is 6. The van der Waals surface area contributed by atoms with Gasteiger partial charge in [0, 0.05) is 19.3 Å². The molecule has 0 aromatic rings. The molecule has 0 spiro atoms. The van der Waals surface area contributed by atoms with Crippen LogP contribution in [0.3, 0.4) is 0 Å². The summed E-state index contributed by atoms with van der Waals surface area (Å²) >= 11 is 0. The highest BCUT2D eigenvalue weighted by atomic mass is 16.6. The van der Waals surface area contributed by atoms with E-state index in [1.807, 2.05) is 0 Å². The van der Waals surface area contributed by atoms with Crippen LogP contribution in [0.5, 0.6) is 0 Å². The lowest BCUT2D eigenvalue weighted by molar-refractivity contribution is -0.167.